The first-order valence-electron chi connectivity index (χ1n) is 12.2. The Bertz CT molecular complexity index is 1330. The average molecular weight is 524 g/mol. The third-order valence-electron chi connectivity index (χ3n) is 6.65. The summed E-state index contributed by atoms with van der Waals surface area (Å²) in [5.74, 6) is 1.01. The van der Waals surface area contributed by atoms with E-state index in [0.29, 0.717) is 49.2 Å². The van der Waals surface area contributed by atoms with Crippen LogP contribution in [0, 0.1) is 12.7 Å². The van der Waals surface area contributed by atoms with E-state index in [1.807, 2.05) is 46.9 Å². The maximum Gasteiger partial charge on any atom is 0.211 e. The zero-order chi connectivity index (χ0) is 26.7. The molecule has 10 nitrogen and oxygen atoms in total. The predicted octanol–water partition coefficient (Wildman–Crippen LogP) is 3.25. The number of methoxy groups -OCH3 is 1. The topological polar surface area (TPSA) is 103 Å². The van der Waals surface area contributed by atoms with Crippen molar-refractivity contribution in [3.63, 3.8) is 0 Å². The largest absolute Gasteiger partial charge is 0.495 e. The van der Waals surface area contributed by atoms with Crippen molar-refractivity contribution in [2.45, 2.75) is 25.0 Å². The molecule has 1 aromatic carbocycles. The molecule has 3 aromatic rings. The average Bonchev–Trinajstić information content (AvgIpc) is 3.56. The predicted molar refractivity (Wildman–Crippen MR) is 137 cm³/mol. The van der Waals surface area contributed by atoms with E-state index in [9.17, 15) is 9.50 Å². The molecular formula is C27H30FN5O5. The SMILES string of the molecule is CO/N=C1/C(=C/c2ccc(-n3cnc(C)c3)c(OC)c2)OC2(CCOC2)CN1C(CO)c1ccc(F)cn1. The van der Waals surface area contributed by atoms with Gasteiger partial charge in [0, 0.05) is 12.6 Å². The minimum atomic E-state index is -0.662. The van der Waals surface area contributed by atoms with Gasteiger partial charge in [-0.3, -0.25) is 4.98 Å². The molecule has 200 valence electrons. The van der Waals surface area contributed by atoms with Gasteiger partial charge < -0.3 is 33.6 Å². The van der Waals surface area contributed by atoms with E-state index in [1.54, 1.807) is 19.5 Å². The van der Waals surface area contributed by atoms with Crippen molar-refractivity contribution in [3.05, 3.63) is 77.6 Å². The number of hydrogen-bond acceptors (Lipinski definition) is 8. The van der Waals surface area contributed by atoms with E-state index in [1.165, 1.54) is 13.2 Å². The van der Waals surface area contributed by atoms with Crippen molar-refractivity contribution in [3.8, 4) is 11.4 Å². The first-order valence-corrected chi connectivity index (χ1v) is 12.2. The van der Waals surface area contributed by atoms with Gasteiger partial charge in [0.05, 0.1) is 69.1 Å². The Morgan fingerprint density at radius 3 is 2.76 bits per heavy atom. The second-order valence-corrected chi connectivity index (χ2v) is 9.27. The number of imidazole rings is 1. The molecule has 0 saturated carbocycles. The van der Waals surface area contributed by atoms with Gasteiger partial charge in [0.1, 0.15) is 18.7 Å². The third kappa shape index (κ3) is 5.07. The molecule has 2 atom stereocenters. The summed E-state index contributed by atoms with van der Waals surface area (Å²) < 4.78 is 33.4. The standard InChI is InChI=1S/C27H30FN5O5/c1-18-13-32(17-30-18)22-7-4-19(10-24(22)35-2)11-25-26(31-36-3)33(15-27(38-25)8-9-37-16-27)23(14-34)21-6-5-20(28)12-29-21/h4-7,10-13,17,23,34H,8-9,14-16H2,1-3H3/b25-11-,31-26-. The number of aryl methyl sites for hydroxylation is 1. The Labute approximate surface area is 219 Å². The number of ether oxygens (including phenoxy) is 3. The molecule has 38 heavy (non-hydrogen) atoms. The molecule has 11 heteroatoms. The molecule has 0 bridgehead atoms. The molecule has 1 N–H and O–H groups in total. The van der Waals surface area contributed by atoms with Gasteiger partial charge in [0.25, 0.3) is 0 Å². The number of rotatable bonds is 7. The second kappa shape index (κ2) is 10.8. The van der Waals surface area contributed by atoms with E-state index < -0.39 is 17.5 Å². The zero-order valence-electron chi connectivity index (χ0n) is 21.5. The molecular weight excluding hydrogens is 493 g/mol. The van der Waals surface area contributed by atoms with E-state index in [0.717, 1.165) is 23.1 Å². The van der Waals surface area contributed by atoms with Gasteiger partial charge in [-0.05, 0) is 42.8 Å². The molecule has 0 radical (unpaired) electrons. The molecule has 5 rings (SSSR count). The number of aromatic nitrogens is 3. The first-order chi connectivity index (χ1) is 18.4. The van der Waals surface area contributed by atoms with Crippen LogP contribution in [-0.2, 0) is 14.3 Å². The van der Waals surface area contributed by atoms with Gasteiger partial charge in [-0.15, -0.1) is 0 Å². The number of nitrogens with zero attached hydrogens (tertiary/aromatic N) is 5. The molecule has 2 saturated heterocycles. The van der Waals surface area contributed by atoms with Crippen molar-refractivity contribution in [1.29, 1.82) is 0 Å². The van der Waals surface area contributed by atoms with E-state index >= 15 is 0 Å². The summed E-state index contributed by atoms with van der Waals surface area (Å²) in [6.07, 6.45) is 7.29. The van der Waals surface area contributed by atoms with Crippen LogP contribution >= 0.6 is 0 Å². The lowest BCUT2D eigenvalue weighted by Gasteiger charge is -2.45. The molecule has 2 unspecified atom stereocenters. The normalized spacial score (nSPS) is 22.2. The van der Waals surface area contributed by atoms with Crippen LogP contribution in [0.15, 0.2) is 60.0 Å². The second-order valence-electron chi connectivity index (χ2n) is 9.27. The number of amidine groups is 1. The molecule has 4 heterocycles. The Kier molecular flexibility index (Phi) is 7.30. The number of benzene rings is 1. The van der Waals surface area contributed by atoms with Crippen molar-refractivity contribution < 1.29 is 28.5 Å². The fraction of sp³-hybridized carbons (Fsp3) is 0.370. The zero-order valence-corrected chi connectivity index (χ0v) is 21.5. The van der Waals surface area contributed by atoms with Crippen LogP contribution in [-0.4, -0.2) is 76.6 Å². The summed E-state index contributed by atoms with van der Waals surface area (Å²) >= 11 is 0. The van der Waals surface area contributed by atoms with Crippen LogP contribution in [0.5, 0.6) is 5.75 Å². The van der Waals surface area contributed by atoms with Gasteiger partial charge in [0.2, 0.25) is 5.84 Å². The Morgan fingerprint density at radius 2 is 2.13 bits per heavy atom. The summed E-state index contributed by atoms with van der Waals surface area (Å²) in [5.41, 5.74) is 2.38. The van der Waals surface area contributed by atoms with E-state index in [4.69, 9.17) is 19.0 Å². The van der Waals surface area contributed by atoms with Crippen molar-refractivity contribution in [1.82, 2.24) is 19.4 Å². The van der Waals surface area contributed by atoms with Crippen LogP contribution in [0.4, 0.5) is 4.39 Å². The molecule has 2 aromatic heterocycles. The number of hydrogen-bond donors (Lipinski definition) is 1. The molecule has 1 spiro atoms. The Morgan fingerprint density at radius 1 is 1.26 bits per heavy atom. The summed E-state index contributed by atoms with van der Waals surface area (Å²) in [7, 11) is 3.06. The maximum atomic E-state index is 13.6. The van der Waals surface area contributed by atoms with Gasteiger partial charge >= 0.3 is 0 Å². The number of aliphatic hydroxyl groups is 1. The number of pyridine rings is 1. The Balaban J connectivity index is 1.57. The van der Waals surface area contributed by atoms with Gasteiger partial charge in [-0.25, -0.2) is 9.37 Å². The smallest absolute Gasteiger partial charge is 0.211 e. The maximum absolute atomic E-state index is 13.6. The van der Waals surface area contributed by atoms with Crippen LogP contribution in [0.1, 0.15) is 29.4 Å². The number of morpholine rings is 1. The van der Waals surface area contributed by atoms with E-state index in [2.05, 4.69) is 15.1 Å². The third-order valence-corrected chi connectivity index (χ3v) is 6.65. The van der Waals surface area contributed by atoms with Gasteiger partial charge in [0.15, 0.2) is 11.4 Å². The molecule has 2 aliphatic rings. The summed E-state index contributed by atoms with van der Waals surface area (Å²) in [4.78, 5) is 15.6. The molecule has 2 fully saturated rings. The highest BCUT2D eigenvalue weighted by molar-refractivity contribution is 6.01. The lowest BCUT2D eigenvalue weighted by Crippen LogP contribution is -2.55. The minimum absolute atomic E-state index is 0.279. The van der Waals surface area contributed by atoms with Crippen LogP contribution < -0.4 is 4.74 Å². The lowest BCUT2D eigenvalue weighted by molar-refractivity contribution is -0.0434. The van der Waals surface area contributed by atoms with Gasteiger partial charge in [-0.2, -0.15) is 0 Å². The quantitative estimate of drug-likeness (QED) is 0.471. The fourth-order valence-corrected chi connectivity index (χ4v) is 4.81. The number of oxime groups is 1. The van der Waals surface area contributed by atoms with Crippen molar-refractivity contribution in [2.75, 3.05) is 40.6 Å². The number of aliphatic hydroxyl groups excluding tert-OH is 1. The molecule has 0 amide bonds. The number of halogens is 1. The highest BCUT2D eigenvalue weighted by Crippen LogP contribution is 2.38. The summed E-state index contributed by atoms with van der Waals surface area (Å²) in [5, 5.41) is 14.7. The highest BCUT2D eigenvalue weighted by atomic mass is 19.1. The molecule has 2 aliphatic heterocycles. The minimum Gasteiger partial charge on any atom is -0.495 e. The fourth-order valence-electron chi connectivity index (χ4n) is 4.81. The summed E-state index contributed by atoms with van der Waals surface area (Å²) in [6, 6.07) is 8.03. The monoisotopic (exact) mass is 523 g/mol. The highest BCUT2D eigenvalue weighted by Gasteiger charge is 2.47. The van der Waals surface area contributed by atoms with Gasteiger partial charge in [-0.1, -0.05) is 11.2 Å². The first kappa shape index (κ1) is 25.7. The van der Waals surface area contributed by atoms with Crippen LogP contribution in [0.3, 0.4) is 0 Å². The van der Waals surface area contributed by atoms with Crippen LogP contribution in [0.25, 0.3) is 11.8 Å². The molecule has 0 aliphatic carbocycles. The summed E-state index contributed by atoms with van der Waals surface area (Å²) in [6.45, 7) is 2.94. The van der Waals surface area contributed by atoms with Crippen molar-refractivity contribution in [2.24, 2.45) is 5.16 Å². The van der Waals surface area contributed by atoms with Crippen LogP contribution in [0.2, 0.25) is 0 Å². The van der Waals surface area contributed by atoms with E-state index in [-0.39, 0.29) is 6.61 Å². The Hall–Kier alpha value is -3.96. The lowest BCUT2D eigenvalue weighted by atomic mass is 9.97. The van der Waals surface area contributed by atoms with Crippen molar-refractivity contribution >= 4 is 11.9 Å².